The first-order valence-corrected chi connectivity index (χ1v) is 15.2. The van der Waals surface area contributed by atoms with Gasteiger partial charge in [0.15, 0.2) is 47.8 Å². The van der Waals surface area contributed by atoms with E-state index in [1.54, 1.807) is 0 Å². The molecular formula is C27H27O19P. The van der Waals surface area contributed by atoms with Crippen LogP contribution in [0.3, 0.4) is 0 Å². The van der Waals surface area contributed by atoms with Crippen LogP contribution in [0.2, 0.25) is 0 Å². The van der Waals surface area contributed by atoms with Crippen LogP contribution < -0.4 is 23.3 Å². The highest BCUT2D eigenvalue weighted by atomic mass is 31.2. The van der Waals surface area contributed by atoms with Crippen molar-refractivity contribution in [1.82, 2.24) is 0 Å². The second-order valence-corrected chi connectivity index (χ2v) is 11.6. The van der Waals surface area contributed by atoms with Gasteiger partial charge in [0.25, 0.3) is 0 Å². The predicted molar refractivity (Wildman–Crippen MR) is 147 cm³/mol. The van der Waals surface area contributed by atoms with Crippen molar-refractivity contribution in [3.05, 3.63) is 100 Å². The third-order valence-corrected chi connectivity index (χ3v) is 7.92. The SMILES string of the molecule is Cc1oc(=O)oc1COC(=O)CCC(=CCP(=O)(OCc1oc(=O)oc1C)OCc1oc(=O)oc1C)C(=O)OCc1oc(=O)oc1C. The van der Waals surface area contributed by atoms with E-state index < -0.39 is 81.8 Å². The second kappa shape index (κ2) is 15.0. The minimum Gasteiger partial charge on any atom is -0.457 e. The molecule has 4 aromatic heterocycles. The van der Waals surface area contributed by atoms with Gasteiger partial charge in [-0.15, -0.1) is 0 Å². The van der Waals surface area contributed by atoms with Crippen molar-refractivity contribution in [1.29, 1.82) is 0 Å². The average molecular weight is 686 g/mol. The van der Waals surface area contributed by atoms with E-state index in [-0.39, 0.29) is 58.1 Å². The normalized spacial score (nSPS) is 12.0. The van der Waals surface area contributed by atoms with Crippen molar-refractivity contribution in [3.63, 3.8) is 0 Å². The summed E-state index contributed by atoms with van der Waals surface area (Å²) in [4.78, 5) is 71.0. The fraction of sp³-hybridized carbons (Fsp3) is 0.407. The predicted octanol–water partition coefficient (Wildman–Crippen LogP) is 3.22. The third kappa shape index (κ3) is 9.68. The lowest BCUT2D eigenvalue weighted by atomic mass is 10.1. The molecule has 0 aliphatic heterocycles. The smallest absolute Gasteiger partial charge is 0.457 e. The molecule has 0 aliphatic carbocycles. The molecule has 0 fully saturated rings. The monoisotopic (exact) mass is 686 g/mol. The Balaban J connectivity index is 1.53. The lowest BCUT2D eigenvalue weighted by molar-refractivity contribution is -0.145. The van der Waals surface area contributed by atoms with E-state index in [1.165, 1.54) is 27.7 Å². The summed E-state index contributed by atoms with van der Waals surface area (Å²) >= 11 is 0. The van der Waals surface area contributed by atoms with Gasteiger partial charge in [0.2, 0.25) is 0 Å². The van der Waals surface area contributed by atoms with E-state index in [4.69, 9.17) is 53.9 Å². The van der Waals surface area contributed by atoms with Crippen molar-refractivity contribution >= 4 is 19.5 Å². The van der Waals surface area contributed by atoms with Crippen molar-refractivity contribution in [2.75, 3.05) is 6.16 Å². The Kier molecular flexibility index (Phi) is 11.1. The Morgan fingerprint density at radius 3 is 1.34 bits per heavy atom. The van der Waals surface area contributed by atoms with Crippen molar-refractivity contribution in [3.8, 4) is 0 Å². The first-order chi connectivity index (χ1) is 22.2. The van der Waals surface area contributed by atoms with Crippen LogP contribution in [0.25, 0.3) is 0 Å². The van der Waals surface area contributed by atoms with Gasteiger partial charge in [0, 0.05) is 12.0 Å². The number of carbonyl (C=O) groups excluding carboxylic acids is 2. The molecule has 0 atom stereocenters. The molecule has 4 aromatic rings. The number of aryl methyl sites for hydroxylation is 4. The summed E-state index contributed by atoms with van der Waals surface area (Å²) in [6.07, 6.45) is -0.239. The van der Waals surface area contributed by atoms with Gasteiger partial charge in [-0.3, -0.25) is 9.36 Å². The van der Waals surface area contributed by atoms with Gasteiger partial charge in [0.05, 0.1) is 6.16 Å². The molecule has 19 nitrogen and oxygen atoms in total. The summed E-state index contributed by atoms with van der Waals surface area (Å²) in [5, 5.41) is 0. The van der Waals surface area contributed by atoms with Crippen LogP contribution in [0.1, 0.15) is 58.9 Å². The molecule has 0 spiro atoms. The maximum absolute atomic E-state index is 13.8. The zero-order valence-corrected chi connectivity index (χ0v) is 26.1. The second-order valence-electron chi connectivity index (χ2n) is 9.54. The van der Waals surface area contributed by atoms with Gasteiger partial charge >= 0.3 is 42.8 Å². The fourth-order valence-corrected chi connectivity index (χ4v) is 5.03. The number of rotatable bonds is 16. The van der Waals surface area contributed by atoms with E-state index in [2.05, 4.69) is 0 Å². The molecule has 4 heterocycles. The molecule has 0 amide bonds. The van der Waals surface area contributed by atoms with Gasteiger partial charge < -0.3 is 53.9 Å². The number of hydrogen-bond acceptors (Lipinski definition) is 19. The third-order valence-electron chi connectivity index (χ3n) is 6.25. The van der Waals surface area contributed by atoms with E-state index in [9.17, 15) is 33.3 Å². The first kappa shape index (κ1) is 34.7. The van der Waals surface area contributed by atoms with Gasteiger partial charge in [-0.2, -0.15) is 0 Å². The minimum absolute atomic E-state index is 0.0156. The fourth-order valence-electron chi connectivity index (χ4n) is 3.67. The van der Waals surface area contributed by atoms with E-state index >= 15 is 0 Å². The maximum Gasteiger partial charge on any atom is 0.519 e. The molecule has 0 saturated carbocycles. The molecule has 0 aliphatic rings. The van der Waals surface area contributed by atoms with Gasteiger partial charge in [-0.25, -0.2) is 24.0 Å². The van der Waals surface area contributed by atoms with Gasteiger partial charge in [-0.1, -0.05) is 6.08 Å². The highest BCUT2D eigenvalue weighted by Gasteiger charge is 2.28. The molecule has 20 heteroatoms. The summed E-state index contributed by atoms with van der Waals surface area (Å²) in [5.74, 6) is -5.93. The van der Waals surface area contributed by atoms with Crippen LogP contribution in [0.5, 0.6) is 0 Å². The van der Waals surface area contributed by atoms with E-state index in [0.717, 1.165) is 6.08 Å². The lowest BCUT2D eigenvalue weighted by Crippen LogP contribution is -2.12. The summed E-state index contributed by atoms with van der Waals surface area (Å²) in [5.41, 5.74) is -0.207. The highest BCUT2D eigenvalue weighted by molar-refractivity contribution is 7.54. The van der Waals surface area contributed by atoms with Crippen LogP contribution in [-0.4, -0.2) is 18.1 Å². The Morgan fingerprint density at radius 2 is 0.957 bits per heavy atom. The molecule has 0 bridgehead atoms. The van der Waals surface area contributed by atoms with Crippen LogP contribution in [0, 0.1) is 27.7 Å². The zero-order chi connectivity index (χ0) is 34.3. The number of allylic oxidation sites excluding steroid dienone is 1. The summed E-state index contributed by atoms with van der Waals surface area (Å²) < 4.78 is 73.4. The van der Waals surface area contributed by atoms with Crippen LogP contribution in [-0.2, 0) is 59.1 Å². The molecule has 254 valence electrons. The molecule has 0 N–H and O–H groups in total. The highest BCUT2D eigenvalue weighted by Crippen LogP contribution is 2.50. The summed E-state index contributed by atoms with van der Waals surface area (Å²) in [7, 11) is -4.28. The maximum atomic E-state index is 13.8. The zero-order valence-electron chi connectivity index (χ0n) is 25.2. The quantitative estimate of drug-likeness (QED) is 0.0930. The van der Waals surface area contributed by atoms with Crippen molar-refractivity contribution in [2.24, 2.45) is 0 Å². The minimum atomic E-state index is -4.28. The van der Waals surface area contributed by atoms with Crippen LogP contribution in [0.4, 0.5) is 0 Å². The topological polar surface area (TPSA) is 262 Å². The Hall–Kier alpha value is -5.13. The molecule has 0 radical (unpaired) electrons. The molecule has 0 saturated heterocycles. The number of carbonyl (C=O) groups is 2. The number of ether oxygens (including phenoxy) is 2. The van der Waals surface area contributed by atoms with Crippen molar-refractivity contribution in [2.45, 2.75) is 67.0 Å². The Morgan fingerprint density at radius 1 is 0.574 bits per heavy atom. The number of esters is 2. The lowest BCUT2D eigenvalue weighted by Gasteiger charge is -2.17. The summed E-state index contributed by atoms with van der Waals surface area (Å²) in [6, 6.07) is 0. The molecule has 0 unspecified atom stereocenters. The summed E-state index contributed by atoms with van der Waals surface area (Å²) in [6.45, 7) is 3.55. The van der Waals surface area contributed by atoms with Crippen molar-refractivity contribution < 1.29 is 68.0 Å². The first-order valence-electron chi connectivity index (χ1n) is 13.5. The van der Waals surface area contributed by atoms with Gasteiger partial charge in [-0.05, 0) is 34.1 Å². The molecule has 47 heavy (non-hydrogen) atoms. The molecular weight excluding hydrogens is 659 g/mol. The Labute approximate surface area is 261 Å². The van der Waals surface area contributed by atoms with Crippen LogP contribution >= 0.6 is 7.60 Å². The molecule has 0 aromatic carbocycles. The van der Waals surface area contributed by atoms with E-state index in [1.807, 2.05) is 0 Å². The average Bonchev–Trinajstić information content (AvgIpc) is 3.72. The standard InChI is InChI=1S/C27H27O19P/c1-13-18(43-24(30)39-13)9-35-22(28)6-5-17(23(29)36-10-19-14(2)40-25(31)44-19)7-8-47(34,37-11-20-15(3)41-26(32)45-20)38-12-21-16(4)42-27(33)46-21/h7H,5-6,8-12H2,1-4H3. The van der Waals surface area contributed by atoms with E-state index in [0.29, 0.717) is 0 Å². The number of hydrogen-bond donors (Lipinski definition) is 0. The Bertz CT molecular complexity index is 1970. The van der Waals surface area contributed by atoms with Gasteiger partial charge in [0.1, 0.15) is 24.7 Å². The largest absolute Gasteiger partial charge is 0.519 e. The molecule has 4 rings (SSSR count). The van der Waals surface area contributed by atoms with Crippen LogP contribution in [0.15, 0.2) is 66.2 Å².